The van der Waals surface area contributed by atoms with Crippen molar-refractivity contribution in [3.8, 4) is 0 Å². The Balaban J connectivity index is 0. The molecular formula is H12Al2As2O3P2Si2. The summed E-state index contributed by atoms with van der Waals surface area (Å²) in [4.78, 5) is 0. The molecule has 0 fully saturated rings. The summed E-state index contributed by atoms with van der Waals surface area (Å²) in [6, 6.07) is 0. The van der Waals surface area contributed by atoms with Crippen molar-refractivity contribution in [3.05, 3.63) is 0 Å². The molecule has 0 heterocycles. The molecular weight excluding hydrogens is 370 g/mol. The first-order chi connectivity index (χ1) is 0. The maximum atomic E-state index is 0. The molecule has 4 unspecified atom stereocenters. The van der Waals surface area contributed by atoms with Gasteiger partial charge in [0.15, 0.2) is 0 Å². The molecule has 64 valence electrons. The summed E-state index contributed by atoms with van der Waals surface area (Å²) in [6.45, 7) is 0. The van der Waals surface area contributed by atoms with Gasteiger partial charge < -0.3 is 16.4 Å². The van der Waals surface area contributed by atoms with Gasteiger partial charge >= 0.3 is 70.6 Å². The van der Waals surface area contributed by atoms with E-state index < -0.39 is 0 Å². The molecule has 0 saturated heterocycles. The standard InChI is InChI=1S/2Al.2AsH3.3O.2H3P.2Si/h;;2*1H3;;;;2*1H3;;/q2*+3;;;3*-2;;;;. The Hall–Kier alpha value is 3.36. The van der Waals surface area contributed by atoms with Gasteiger partial charge in [-0.1, -0.05) is 0 Å². The molecule has 0 spiro atoms. The Morgan fingerprint density at radius 3 is 0.455 bits per heavy atom. The first kappa shape index (κ1) is 227. The van der Waals surface area contributed by atoms with Gasteiger partial charge in [-0.2, -0.15) is 19.8 Å². The zero-order chi connectivity index (χ0) is 0. The first-order valence-electron chi connectivity index (χ1n) is 0. The van der Waals surface area contributed by atoms with Gasteiger partial charge in [0, 0.05) is 21.9 Å². The largest absolute Gasteiger partial charge is 2.00 e. The van der Waals surface area contributed by atoms with Gasteiger partial charge in [0.05, 0.1) is 0 Å². The first-order valence-corrected chi connectivity index (χ1v) is 0. The van der Waals surface area contributed by atoms with Crippen molar-refractivity contribution >= 4 is 112 Å². The second kappa shape index (κ2) is 181. The maximum Gasteiger partial charge on any atom is 0 e. The topological polar surface area (TPSA) is 85.5 Å². The van der Waals surface area contributed by atoms with E-state index in [0.717, 1.165) is 0 Å². The van der Waals surface area contributed by atoms with Crippen molar-refractivity contribution in [2.75, 3.05) is 0 Å². The van der Waals surface area contributed by atoms with Crippen LogP contribution in [0.25, 0.3) is 0 Å². The molecule has 0 amide bonds. The van der Waals surface area contributed by atoms with Gasteiger partial charge in [-0.15, -0.1) is 0 Å². The van der Waals surface area contributed by atoms with Crippen LogP contribution in [0, 0.1) is 0 Å². The van der Waals surface area contributed by atoms with Gasteiger partial charge in [-0.3, -0.25) is 0 Å². The summed E-state index contributed by atoms with van der Waals surface area (Å²) >= 11 is 0. The van der Waals surface area contributed by atoms with E-state index >= 15 is 0 Å². The van der Waals surface area contributed by atoms with Crippen molar-refractivity contribution in [1.29, 1.82) is 0 Å². The predicted octanol–water partition coefficient (Wildman–Crippen LogP) is -4.13. The molecule has 3 nitrogen and oxygen atoms in total. The summed E-state index contributed by atoms with van der Waals surface area (Å²) in [5, 5.41) is 0. The molecule has 0 aromatic heterocycles. The molecule has 0 aromatic rings. The van der Waals surface area contributed by atoms with Crippen molar-refractivity contribution in [2.24, 2.45) is 0 Å². The molecule has 8 radical (unpaired) electrons. The van der Waals surface area contributed by atoms with Crippen molar-refractivity contribution in [3.63, 3.8) is 0 Å². The second-order valence-corrected chi connectivity index (χ2v) is 0. The van der Waals surface area contributed by atoms with Crippen LogP contribution in [0.2, 0.25) is 0 Å². The van der Waals surface area contributed by atoms with E-state index in [4.69, 9.17) is 0 Å². The van der Waals surface area contributed by atoms with Crippen LogP contribution >= 0.6 is 19.8 Å². The quantitative estimate of drug-likeness (QED) is 0.301. The Labute approximate surface area is 127 Å². The van der Waals surface area contributed by atoms with E-state index in [9.17, 15) is 0 Å². The fourth-order valence-corrected chi connectivity index (χ4v) is 0. The third-order valence-corrected chi connectivity index (χ3v) is 0. The van der Waals surface area contributed by atoms with Gasteiger partial charge in [0.1, 0.15) is 0 Å². The molecule has 11 heteroatoms. The number of rotatable bonds is 0. The Kier molecular flexibility index (Phi) is 3740. The van der Waals surface area contributed by atoms with Gasteiger partial charge in [-0.25, -0.2) is 0 Å². The smallest absolute Gasteiger partial charge is 0 e. The van der Waals surface area contributed by atoms with Crippen LogP contribution in [-0.2, 0) is 16.4 Å². The molecule has 0 aliphatic carbocycles. The van der Waals surface area contributed by atoms with Crippen LogP contribution in [0.4, 0.5) is 0 Å². The van der Waals surface area contributed by atoms with E-state index in [1.165, 1.54) is 0 Å². The zero-order valence-electron chi connectivity index (χ0n) is 6.21. The minimum Gasteiger partial charge on any atom is -2.00 e. The average molecular weight is 382 g/mol. The molecule has 0 saturated carbocycles. The minimum atomic E-state index is 0. The van der Waals surface area contributed by atoms with E-state index in [0.29, 0.717) is 0 Å². The Bertz CT molecular complexity index is 25.3. The third kappa shape index (κ3) is 153. The van der Waals surface area contributed by atoms with Crippen LogP contribution in [-0.4, -0.2) is 92.6 Å². The summed E-state index contributed by atoms with van der Waals surface area (Å²) in [6.07, 6.45) is 0. The van der Waals surface area contributed by atoms with Gasteiger partial charge in [-0.05, 0) is 0 Å². The van der Waals surface area contributed by atoms with E-state index in [2.05, 4.69) is 0 Å². The minimum absolute atomic E-state index is 0. The molecule has 11 heavy (non-hydrogen) atoms. The summed E-state index contributed by atoms with van der Waals surface area (Å²) in [5.74, 6) is 0. The van der Waals surface area contributed by atoms with Crippen molar-refractivity contribution < 1.29 is 16.4 Å². The summed E-state index contributed by atoms with van der Waals surface area (Å²) in [7, 11) is 0. The second-order valence-electron chi connectivity index (χ2n) is 0. The summed E-state index contributed by atoms with van der Waals surface area (Å²) < 4.78 is 0. The summed E-state index contributed by atoms with van der Waals surface area (Å²) in [5.41, 5.74) is 0. The Morgan fingerprint density at radius 2 is 0.455 bits per heavy atom. The SMILES string of the molecule is P.P.[Al+3].[Al+3].[AsH3].[AsH3].[O-2].[O-2].[O-2].[Si].[Si]. The van der Waals surface area contributed by atoms with E-state index in [1.807, 2.05) is 0 Å². The predicted molar refractivity (Wildman–Crippen MR) is 67.2 cm³/mol. The molecule has 4 atom stereocenters. The van der Waals surface area contributed by atoms with Crippen molar-refractivity contribution in [2.45, 2.75) is 0 Å². The van der Waals surface area contributed by atoms with Crippen LogP contribution in [0.5, 0.6) is 0 Å². The number of hydrogen-bond acceptors (Lipinski definition) is 0. The fourth-order valence-electron chi connectivity index (χ4n) is 0. The molecule has 0 aliphatic heterocycles. The fraction of sp³-hybridized carbons (Fsp3) is 0. The molecule has 0 rings (SSSR count). The molecule has 0 aromatic carbocycles. The zero-order valence-corrected chi connectivity index (χ0v) is 19.3. The van der Waals surface area contributed by atoms with Crippen molar-refractivity contribution in [1.82, 2.24) is 0 Å². The molecule has 0 N–H and O–H groups in total. The third-order valence-electron chi connectivity index (χ3n) is 0. The van der Waals surface area contributed by atoms with Crippen LogP contribution < -0.4 is 0 Å². The van der Waals surface area contributed by atoms with E-state index in [-0.39, 0.29) is 129 Å². The van der Waals surface area contributed by atoms with Crippen LogP contribution in [0.15, 0.2) is 0 Å². The number of hydrogen-bond donors (Lipinski definition) is 0. The van der Waals surface area contributed by atoms with E-state index in [1.54, 1.807) is 0 Å². The monoisotopic (exact) mass is 382 g/mol. The normalized spacial score (nSPS) is 0. The maximum absolute atomic E-state index is 0. The Morgan fingerprint density at radius 1 is 0.455 bits per heavy atom. The van der Waals surface area contributed by atoms with Crippen LogP contribution in [0.3, 0.4) is 0 Å². The van der Waals surface area contributed by atoms with Crippen LogP contribution in [0.1, 0.15) is 0 Å². The van der Waals surface area contributed by atoms with Gasteiger partial charge in [0.25, 0.3) is 0 Å². The molecule has 0 bridgehead atoms. The van der Waals surface area contributed by atoms with Gasteiger partial charge in [0.2, 0.25) is 0 Å². The average Bonchev–Trinajstić information content (AvgIpc) is 0. The molecule has 0 aliphatic rings.